The van der Waals surface area contributed by atoms with Crippen LogP contribution in [0, 0.1) is 0 Å². The molecule has 1 aliphatic heterocycles. The summed E-state index contributed by atoms with van der Waals surface area (Å²) in [5.41, 5.74) is -0.0911. The Morgan fingerprint density at radius 3 is 1.81 bits per heavy atom. The van der Waals surface area contributed by atoms with Gasteiger partial charge in [0.15, 0.2) is 0 Å². The number of carbonyl (C=O) groups is 2. The molecule has 1 aromatic rings. The Labute approximate surface area is 126 Å². The van der Waals surface area contributed by atoms with Crippen LogP contribution in [-0.4, -0.2) is 32.8 Å². The molecule has 0 aromatic heterocycles. The zero-order chi connectivity index (χ0) is 16.0. The first-order chi connectivity index (χ1) is 9.55. The molecule has 0 saturated carbocycles. The molecule has 114 valence electrons. The van der Waals surface area contributed by atoms with Crippen LogP contribution in [0.3, 0.4) is 0 Å². The SMILES string of the molecule is CC(C)(C)N1C(=O)C(c2ccccc2)N(C(C)(C)C)C1=O. The molecule has 0 radical (unpaired) electrons. The van der Waals surface area contributed by atoms with E-state index < -0.39 is 17.1 Å². The van der Waals surface area contributed by atoms with Crippen LogP contribution in [-0.2, 0) is 4.79 Å². The van der Waals surface area contributed by atoms with E-state index in [0.717, 1.165) is 5.56 Å². The first-order valence-corrected chi connectivity index (χ1v) is 7.27. The molecular formula is C17H24N2O2. The lowest BCUT2D eigenvalue weighted by molar-refractivity contribution is -0.131. The lowest BCUT2D eigenvalue weighted by Crippen LogP contribution is -2.49. The Balaban J connectivity index is 2.56. The van der Waals surface area contributed by atoms with Crippen molar-refractivity contribution in [3.05, 3.63) is 35.9 Å². The van der Waals surface area contributed by atoms with Gasteiger partial charge >= 0.3 is 6.03 Å². The molecule has 1 heterocycles. The van der Waals surface area contributed by atoms with E-state index in [0.29, 0.717) is 0 Å². The molecule has 0 spiro atoms. The molecule has 1 atom stereocenters. The fourth-order valence-electron chi connectivity index (χ4n) is 2.76. The van der Waals surface area contributed by atoms with Gasteiger partial charge in [0, 0.05) is 11.1 Å². The van der Waals surface area contributed by atoms with E-state index in [1.54, 1.807) is 4.90 Å². The molecule has 3 amide bonds. The smallest absolute Gasteiger partial charge is 0.303 e. The highest BCUT2D eigenvalue weighted by molar-refractivity contribution is 6.05. The quantitative estimate of drug-likeness (QED) is 0.741. The number of rotatable bonds is 1. The Bertz CT molecular complexity index is 552. The molecule has 2 rings (SSSR count). The van der Waals surface area contributed by atoms with Crippen molar-refractivity contribution < 1.29 is 9.59 Å². The number of hydrogen-bond donors (Lipinski definition) is 0. The zero-order valence-electron chi connectivity index (χ0n) is 13.7. The first kappa shape index (κ1) is 15.5. The van der Waals surface area contributed by atoms with Gasteiger partial charge in [-0.1, -0.05) is 30.3 Å². The van der Waals surface area contributed by atoms with Gasteiger partial charge in [-0.2, -0.15) is 0 Å². The number of carbonyl (C=O) groups excluding carboxylic acids is 2. The minimum absolute atomic E-state index is 0.145. The number of nitrogens with zero attached hydrogens (tertiary/aromatic N) is 2. The normalized spacial score (nSPS) is 20.4. The monoisotopic (exact) mass is 288 g/mol. The van der Waals surface area contributed by atoms with Crippen molar-refractivity contribution in [3.63, 3.8) is 0 Å². The lowest BCUT2D eigenvalue weighted by Gasteiger charge is -2.36. The van der Waals surface area contributed by atoms with Crippen LogP contribution in [0.15, 0.2) is 30.3 Å². The fraction of sp³-hybridized carbons (Fsp3) is 0.529. The summed E-state index contributed by atoms with van der Waals surface area (Å²) >= 11 is 0. The van der Waals surface area contributed by atoms with Gasteiger partial charge < -0.3 is 4.90 Å². The van der Waals surface area contributed by atoms with Gasteiger partial charge in [0.25, 0.3) is 5.91 Å². The summed E-state index contributed by atoms with van der Waals surface area (Å²) in [6.45, 7) is 11.5. The molecule has 1 fully saturated rings. The van der Waals surface area contributed by atoms with Crippen molar-refractivity contribution in [1.29, 1.82) is 0 Å². The predicted octanol–water partition coefficient (Wildman–Crippen LogP) is 3.59. The van der Waals surface area contributed by atoms with Crippen molar-refractivity contribution in [3.8, 4) is 0 Å². The summed E-state index contributed by atoms with van der Waals surface area (Å²) < 4.78 is 0. The largest absolute Gasteiger partial charge is 0.328 e. The van der Waals surface area contributed by atoms with Crippen LogP contribution in [0.2, 0.25) is 0 Å². The Hall–Kier alpha value is -1.84. The zero-order valence-corrected chi connectivity index (χ0v) is 13.7. The molecule has 1 saturated heterocycles. The van der Waals surface area contributed by atoms with Gasteiger partial charge in [0.2, 0.25) is 0 Å². The van der Waals surface area contributed by atoms with Crippen molar-refractivity contribution >= 4 is 11.9 Å². The molecule has 4 nitrogen and oxygen atoms in total. The van der Waals surface area contributed by atoms with Gasteiger partial charge in [0.05, 0.1) is 0 Å². The van der Waals surface area contributed by atoms with Crippen molar-refractivity contribution in [2.24, 2.45) is 0 Å². The number of urea groups is 1. The van der Waals surface area contributed by atoms with E-state index in [-0.39, 0.29) is 11.9 Å². The van der Waals surface area contributed by atoms with Gasteiger partial charge in [0.1, 0.15) is 6.04 Å². The van der Waals surface area contributed by atoms with Crippen molar-refractivity contribution in [2.75, 3.05) is 0 Å². The van der Waals surface area contributed by atoms with E-state index in [1.165, 1.54) is 4.90 Å². The third-order valence-electron chi connectivity index (χ3n) is 3.62. The Morgan fingerprint density at radius 1 is 0.857 bits per heavy atom. The topological polar surface area (TPSA) is 40.6 Å². The first-order valence-electron chi connectivity index (χ1n) is 7.27. The third kappa shape index (κ3) is 2.67. The van der Waals surface area contributed by atoms with Crippen LogP contribution >= 0.6 is 0 Å². The maximum atomic E-state index is 12.9. The second-order valence-electron chi connectivity index (χ2n) is 7.48. The van der Waals surface area contributed by atoms with Crippen LogP contribution in [0.5, 0.6) is 0 Å². The fourth-order valence-corrected chi connectivity index (χ4v) is 2.76. The third-order valence-corrected chi connectivity index (χ3v) is 3.62. The number of amides is 3. The standard InChI is InChI=1S/C17H24N2O2/c1-16(2,3)18-13(12-10-8-7-9-11-12)14(20)19(15(18)21)17(4,5)6/h7-11,13H,1-6H3. The second kappa shape index (κ2) is 4.86. The molecule has 1 unspecified atom stereocenters. The van der Waals surface area contributed by atoms with Crippen LogP contribution < -0.4 is 0 Å². The van der Waals surface area contributed by atoms with Gasteiger partial charge in [-0.05, 0) is 47.1 Å². The summed E-state index contributed by atoms with van der Waals surface area (Å²) in [5.74, 6) is -0.145. The summed E-state index contributed by atoms with van der Waals surface area (Å²) in [7, 11) is 0. The molecule has 21 heavy (non-hydrogen) atoms. The molecule has 1 aromatic carbocycles. The summed E-state index contributed by atoms with van der Waals surface area (Å²) in [6, 6.07) is 8.75. The molecule has 0 N–H and O–H groups in total. The minimum atomic E-state index is -0.544. The Kier molecular flexibility index (Phi) is 3.60. The molecular weight excluding hydrogens is 264 g/mol. The van der Waals surface area contributed by atoms with E-state index in [2.05, 4.69) is 0 Å². The average molecular weight is 288 g/mol. The lowest BCUT2D eigenvalue weighted by atomic mass is 9.99. The summed E-state index contributed by atoms with van der Waals surface area (Å²) in [6.07, 6.45) is 0. The van der Waals surface area contributed by atoms with Gasteiger partial charge in [-0.15, -0.1) is 0 Å². The molecule has 4 heteroatoms. The molecule has 0 bridgehead atoms. The van der Waals surface area contributed by atoms with E-state index in [4.69, 9.17) is 0 Å². The second-order valence-corrected chi connectivity index (χ2v) is 7.48. The van der Waals surface area contributed by atoms with E-state index in [9.17, 15) is 9.59 Å². The van der Waals surface area contributed by atoms with Gasteiger partial charge in [-0.3, -0.25) is 9.69 Å². The van der Waals surface area contributed by atoms with Gasteiger partial charge in [-0.25, -0.2) is 4.79 Å². The average Bonchev–Trinajstić information content (AvgIpc) is 2.60. The van der Waals surface area contributed by atoms with E-state index >= 15 is 0 Å². The number of benzene rings is 1. The summed E-state index contributed by atoms with van der Waals surface area (Å²) in [4.78, 5) is 28.8. The minimum Gasteiger partial charge on any atom is -0.303 e. The maximum Gasteiger partial charge on any atom is 0.328 e. The molecule has 1 aliphatic rings. The highest BCUT2D eigenvalue weighted by atomic mass is 16.2. The van der Waals surface area contributed by atoms with Crippen molar-refractivity contribution in [2.45, 2.75) is 58.7 Å². The van der Waals surface area contributed by atoms with E-state index in [1.807, 2.05) is 71.9 Å². The highest BCUT2D eigenvalue weighted by Crippen LogP contribution is 2.39. The van der Waals surface area contributed by atoms with Crippen LogP contribution in [0.25, 0.3) is 0 Å². The van der Waals surface area contributed by atoms with Crippen LogP contribution in [0.1, 0.15) is 53.1 Å². The summed E-state index contributed by atoms with van der Waals surface area (Å²) in [5, 5.41) is 0. The Morgan fingerprint density at radius 2 is 1.38 bits per heavy atom. The highest BCUT2D eigenvalue weighted by Gasteiger charge is 2.53. The maximum absolute atomic E-state index is 12.9. The van der Waals surface area contributed by atoms with Crippen molar-refractivity contribution in [1.82, 2.24) is 9.80 Å². The number of imide groups is 1. The predicted molar refractivity (Wildman–Crippen MR) is 82.8 cm³/mol. The van der Waals surface area contributed by atoms with Crippen LogP contribution in [0.4, 0.5) is 4.79 Å². The molecule has 0 aliphatic carbocycles. The number of hydrogen-bond acceptors (Lipinski definition) is 2.